The van der Waals surface area contributed by atoms with Crippen molar-refractivity contribution in [3.8, 4) is 11.8 Å². The van der Waals surface area contributed by atoms with Crippen molar-refractivity contribution < 1.29 is 24.2 Å². The zero-order valence-corrected chi connectivity index (χ0v) is 19.1. The number of hydrogen-bond acceptors (Lipinski definition) is 6. The van der Waals surface area contributed by atoms with E-state index in [0.717, 1.165) is 10.5 Å². The second-order valence-electron chi connectivity index (χ2n) is 8.30. The number of carbonyl (C=O) groups is 3. The molecule has 0 heterocycles. The summed E-state index contributed by atoms with van der Waals surface area (Å²) < 4.78 is 5.13. The maximum absolute atomic E-state index is 13.3. The highest BCUT2D eigenvalue weighted by Gasteiger charge is 2.33. The molecule has 33 heavy (non-hydrogen) atoms. The van der Waals surface area contributed by atoms with Crippen molar-refractivity contribution in [2.75, 3.05) is 18.4 Å². The van der Waals surface area contributed by atoms with E-state index < -0.39 is 42.6 Å². The van der Waals surface area contributed by atoms with Crippen LogP contribution in [0.5, 0.6) is 5.75 Å². The molecule has 174 valence electrons. The molecule has 3 N–H and O–H groups in total. The Labute approximate surface area is 193 Å². The first-order chi connectivity index (χ1) is 15.5. The molecule has 0 aliphatic heterocycles. The highest BCUT2D eigenvalue weighted by molar-refractivity contribution is 5.99. The molecule has 0 aliphatic rings. The predicted octanol–water partition coefficient (Wildman–Crippen LogP) is 3.26. The molecule has 9 nitrogen and oxygen atoms in total. The van der Waals surface area contributed by atoms with Crippen LogP contribution in [0.3, 0.4) is 0 Å². The van der Waals surface area contributed by atoms with Crippen molar-refractivity contribution in [1.29, 1.82) is 5.26 Å². The van der Waals surface area contributed by atoms with Gasteiger partial charge < -0.3 is 25.4 Å². The lowest BCUT2D eigenvalue weighted by Gasteiger charge is -2.30. The SMILES string of the molecule is Cc1ccccc1NC(=O)C(c1ccccc1O)N(CC#N)C(=O)CNC(=O)OC(C)(C)C. The Kier molecular flexibility index (Phi) is 8.40. The molecular weight excluding hydrogens is 424 g/mol. The third kappa shape index (κ3) is 7.25. The number of nitrogens with zero attached hydrogens (tertiary/aromatic N) is 2. The van der Waals surface area contributed by atoms with Crippen LogP contribution in [0.25, 0.3) is 0 Å². The molecule has 0 bridgehead atoms. The van der Waals surface area contributed by atoms with E-state index in [-0.39, 0.29) is 11.3 Å². The maximum Gasteiger partial charge on any atom is 0.408 e. The molecule has 0 saturated carbocycles. The van der Waals surface area contributed by atoms with Crippen LogP contribution >= 0.6 is 0 Å². The summed E-state index contributed by atoms with van der Waals surface area (Å²) >= 11 is 0. The fourth-order valence-electron chi connectivity index (χ4n) is 3.05. The van der Waals surface area contributed by atoms with Gasteiger partial charge in [0.15, 0.2) is 0 Å². The Hall–Kier alpha value is -4.06. The van der Waals surface area contributed by atoms with Gasteiger partial charge in [-0.05, 0) is 45.4 Å². The lowest BCUT2D eigenvalue weighted by atomic mass is 10.0. The number of phenolic OH excluding ortho intramolecular Hbond substituents is 1. The van der Waals surface area contributed by atoms with E-state index in [0.29, 0.717) is 5.69 Å². The van der Waals surface area contributed by atoms with Crippen molar-refractivity contribution in [2.24, 2.45) is 0 Å². The summed E-state index contributed by atoms with van der Waals surface area (Å²) in [5.41, 5.74) is 0.709. The number of rotatable bonds is 7. The molecule has 2 rings (SSSR count). The number of aromatic hydroxyl groups is 1. The van der Waals surface area contributed by atoms with E-state index in [9.17, 15) is 24.8 Å². The molecule has 9 heteroatoms. The number of amides is 3. The van der Waals surface area contributed by atoms with Crippen molar-refractivity contribution in [1.82, 2.24) is 10.2 Å². The van der Waals surface area contributed by atoms with Gasteiger partial charge in [-0.3, -0.25) is 9.59 Å². The molecule has 0 fully saturated rings. The van der Waals surface area contributed by atoms with Gasteiger partial charge in [0.1, 0.15) is 30.5 Å². The lowest BCUT2D eigenvalue weighted by molar-refractivity contribution is -0.137. The Morgan fingerprint density at radius 1 is 1.12 bits per heavy atom. The van der Waals surface area contributed by atoms with Crippen molar-refractivity contribution >= 4 is 23.6 Å². The number of benzene rings is 2. The van der Waals surface area contributed by atoms with Crippen LogP contribution < -0.4 is 10.6 Å². The van der Waals surface area contributed by atoms with Crippen LogP contribution in [0.1, 0.15) is 37.9 Å². The molecular formula is C24H28N4O5. The third-order valence-corrected chi connectivity index (χ3v) is 4.54. The Balaban J connectivity index is 2.35. The highest BCUT2D eigenvalue weighted by Crippen LogP contribution is 2.30. The summed E-state index contributed by atoms with van der Waals surface area (Å²) in [7, 11) is 0. The number of phenols is 1. The lowest BCUT2D eigenvalue weighted by Crippen LogP contribution is -2.46. The molecule has 0 radical (unpaired) electrons. The molecule has 0 spiro atoms. The number of carbonyl (C=O) groups excluding carboxylic acids is 3. The Morgan fingerprint density at radius 3 is 2.36 bits per heavy atom. The molecule has 3 amide bonds. The van der Waals surface area contributed by atoms with Crippen LogP contribution in [0.2, 0.25) is 0 Å². The topological polar surface area (TPSA) is 132 Å². The van der Waals surface area contributed by atoms with Gasteiger partial charge in [-0.2, -0.15) is 5.26 Å². The largest absolute Gasteiger partial charge is 0.508 e. The molecule has 2 aromatic rings. The Bertz CT molecular complexity index is 1060. The Morgan fingerprint density at radius 2 is 1.76 bits per heavy atom. The van der Waals surface area contributed by atoms with Gasteiger partial charge in [-0.15, -0.1) is 0 Å². The smallest absolute Gasteiger partial charge is 0.408 e. The first-order valence-electron chi connectivity index (χ1n) is 10.3. The normalized spacial score (nSPS) is 11.6. The van der Waals surface area contributed by atoms with Gasteiger partial charge in [0.25, 0.3) is 5.91 Å². The molecule has 0 aliphatic carbocycles. The zero-order chi connectivity index (χ0) is 24.6. The first kappa shape index (κ1) is 25.2. The van der Waals surface area contributed by atoms with E-state index in [2.05, 4.69) is 10.6 Å². The average molecular weight is 453 g/mol. The summed E-state index contributed by atoms with van der Waals surface area (Å²) in [5.74, 6) is -1.53. The van der Waals surface area contributed by atoms with E-state index in [1.54, 1.807) is 45.0 Å². The van der Waals surface area contributed by atoms with Gasteiger partial charge >= 0.3 is 6.09 Å². The quantitative estimate of drug-likeness (QED) is 0.553. The number of alkyl carbamates (subject to hydrolysis) is 1. The maximum atomic E-state index is 13.3. The van der Waals surface area contributed by atoms with Crippen LogP contribution in [0.4, 0.5) is 10.5 Å². The third-order valence-electron chi connectivity index (χ3n) is 4.54. The van der Waals surface area contributed by atoms with E-state index in [1.165, 1.54) is 12.1 Å². The second kappa shape index (κ2) is 11.0. The highest BCUT2D eigenvalue weighted by atomic mass is 16.6. The van der Waals surface area contributed by atoms with Gasteiger partial charge in [-0.1, -0.05) is 36.4 Å². The first-order valence-corrected chi connectivity index (χ1v) is 10.3. The average Bonchev–Trinajstić information content (AvgIpc) is 2.73. The number of anilines is 1. The molecule has 1 unspecified atom stereocenters. The number of hydrogen-bond donors (Lipinski definition) is 3. The number of aryl methyl sites for hydroxylation is 1. The van der Waals surface area contributed by atoms with Crippen molar-refractivity contribution in [2.45, 2.75) is 39.3 Å². The standard InChI is InChI=1S/C24H28N4O5/c1-16-9-5-7-11-18(16)27-22(31)21(17-10-6-8-12-19(17)29)28(14-13-25)20(30)15-26-23(32)33-24(2,3)4/h5-12,21,29H,14-15H2,1-4H3,(H,26,32)(H,27,31). The fraction of sp³-hybridized carbons (Fsp3) is 0.333. The van der Waals surface area contributed by atoms with Gasteiger partial charge in [-0.25, -0.2) is 4.79 Å². The van der Waals surface area contributed by atoms with Crippen LogP contribution in [0, 0.1) is 18.3 Å². The molecule has 2 aromatic carbocycles. The van der Waals surface area contributed by atoms with Crippen LogP contribution in [-0.4, -0.2) is 46.6 Å². The molecule has 0 saturated heterocycles. The number of nitriles is 1. The van der Waals surface area contributed by atoms with E-state index >= 15 is 0 Å². The summed E-state index contributed by atoms with van der Waals surface area (Å²) in [5, 5.41) is 24.9. The van der Waals surface area contributed by atoms with E-state index in [4.69, 9.17) is 4.74 Å². The van der Waals surface area contributed by atoms with Gasteiger partial charge in [0, 0.05) is 11.3 Å². The number of ether oxygens (including phenoxy) is 1. The number of nitrogens with one attached hydrogen (secondary N) is 2. The molecule has 0 aromatic heterocycles. The summed E-state index contributed by atoms with van der Waals surface area (Å²) in [4.78, 5) is 39.3. The summed E-state index contributed by atoms with van der Waals surface area (Å²) in [6, 6.07) is 13.7. The minimum absolute atomic E-state index is 0.143. The van der Waals surface area contributed by atoms with Crippen LogP contribution in [-0.2, 0) is 14.3 Å². The van der Waals surface area contributed by atoms with Crippen molar-refractivity contribution in [3.63, 3.8) is 0 Å². The van der Waals surface area contributed by atoms with E-state index in [1.807, 2.05) is 25.1 Å². The fourth-order valence-corrected chi connectivity index (χ4v) is 3.05. The van der Waals surface area contributed by atoms with Gasteiger partial charge in [0.2, 0.25) is 5.91 Å². The predicted molar refractivity (Wildman–Crippen MR) is 122 cm³/mol. The van der Waals surface area contributed by atoms with Crippen molar-refractivity contribution in [3.05, 3.63) is 59.7 Å². The van der Waals surface area contributed by atoms with Gasteiger partial charge in [0.05, 0.1) is 6.07 Å². The number of para-hydroxylation sites is 2. The molecule has 1 atom stereocenters. The summed E-state index contributed by atoms with van der Waals surface area (Å²) in [6.07, 6.45) is -0.809. The minimum atomic E-state index is -1.32. The monoisotopic (exact) mass is 452 g/mol. The summed E-state index contributed by atoms with van der Waals surface area (Å²) in [6.45, 7) is 5.91. The second-order valence-corrected chi connectivity index (χ2v) is 8.30. The van der Waals surface area contributed by atoms with Crippen LogP contribution in [0.15, 0.2) is 48.5 Å². The zero-order valence-electron chi connectivity index (χ0n) is 19.1. The minimum Gasteiger partial charge on any atom is -0.508 e.